The van der Waals surface area contributed by atoms with E-state index in [1.165, 1.54) is 11.0 Å². The van der Waals surface area contributed by atoms with E-state index in [9.17, 15) is 13.2 Å². The fourth-order valence-corrected chi connectivity index (χ4v) is 4.00. The number of carbonyl (C=O) groups is 1. The van der Waals surface area contributed by atoms with Gasteiger partial charge in [-0.1, -0.05) is 0 Å². The van der Waals surface area contributed by atoms with Gasteiger partial charge in [-0.25, -0.2) is 18.1 Å². The Hall–Kier alpha value is -1.64. The molecule has 1 saturated heterocycles. The van der Waals surface area contributed by atoms with E-state index in [2.05, 4.69) is 10.1 Å². The van der Waals surface area contributed by atoms with E-state index in [1.54, 1.807) is 4.90 Å². The van der Waals surface area contributed by atoms with Crippen molar-refractivity contribution >= 4 is 21.7 Å². The third-order valence-corrected chi connectivity index (χ3v) is 4.91. The summed E-state index contributed by atoms with van der Waals surface area (Å²) in [6, 6.07) is -0.233. The van der Waals surface area contributed by atoms with E-state index < -0.39 is 9.84 Å². The van der Waals surface area contributed by atoms with E-state index in [1.807, 2.05) is 6.92 Å². The van der Waals surface area contributed by atoms with Gasteiger partial charge in [0.05, 0.1) is 11.5 Å². The van der Waals surface area contributed by atoms with Crippen LogP contribution < -0.4 is 5.73 Å². The van der Waals surface area contributed by atoms with Gasteiger partial charge in [0.15, 0.2) is 9.84 Å². The number of carbonyl (C=O) groups excluding carboxylic acids is 1. The van der Waals surface area contributed by atoms with Crippen LogP contribution in [0.5, 0.6) is 0 Å². The van der Waals surface area contributed by atoms with Crippen LogP contribution in [0.3, 0.4) is 0 Å². The Morgan fingerprint density at radius 3 is 2.84 bits per heavy atom. The predicted octanol–water partition coefficient (Wildman–Crippen LogP) is -1.10. The molecule has 1 aromatic rings. The lowest BCUT2D eigenvalue weighted by atomic mass is 10.2. The molecule has 0 saturated carbocycles. The topological polar surface area (TPSA) is 111 Å². The number of likely N-dealkylation sites (N-methyl/N-ethyl adjacent to an activating group) is 1. The molecule has 8 nitrogen and oxygen atoms in total. The van der Waals surface area contributed by atoms with Crippen LogP contribution in [-0.2, 0) is 21.2 Å². The largest absolute Gasteiger partial charge is 0.367 e. The van der Waals surface area contributed by atoms with Crippen LogP contribution in [0.4, 0.5) is 5.95 Å². The monoisotopic (exact) mass is 287 g/mol. The number of sulfone groups is 1. The number of hydrogen-bond acceptors (Lipinski definition) is 6. The van der Waals surface area contributed by atoms with Crippen molar-refractivity contribution in [3.8, 4) is 0 Å². The van der Waals surface area contributed by atoms with Gasteiger partial charge in [0.2, 0.25) is 11.9 Å². The van der Waals surface area contributed by atoms with E-state index in [0.29, 0.717) is 13.0 Å². The number of nitrogens with two attached hydrogens (primary N) is 1. The maximum absolute atomic E-state index is 12.2. The molecule has 0 bridgehead atoms. The van der Waals surface area contributed by atoms with Gasteiger partial charge in [-0.3, -0.25) is 4.79 Å². The third-order valence-electron chi connectivity index (χ3n) is 3.16. The number of aromatic nitrogens is 3. The second-order valence-electron chi connectivity index (χ2n) is 4.54. The summed E-state index contributed by atoms with van der Waals surface area (Å²) >= 11 is 0. The molecule has 2 rings (SSSR count). The lowest BCUT2D eigenvalue weighted by Crippen LogP contribution is -2.42. The minimum atomic E-state index is -3.00. The minimum Gasteiger partial charge on any atom is -0.367 e. The number of nitrogen functional groups attached to an aromatic ring is 1. The molecule has 1 aliphatic heterocycles. The quantitative estimate of drug-likeness (QED) is 0.752. The molecule has 0 radical (unpaired) electrons. The number of nitrogens with zero attached hydrogens (tertiary/aromatic N) is 4. The maximum atomic E-state index is 12.2. The Morgan fingerprint density at radius 2 is 2.37 bits per heavy atom. The van der Waals surface area contributed by atoms with Gasteiger partial charge in [0, 0.05) is 12.6 Å². The number of anilines is 1. The highest BCUT2D eigenvalue weighted by atomic mass is 32.2. The van der Waals surface area contributed by atoms with Crippen LogP contribution in [0.2, 0.25) is 0 Å². The fraction of sp³-hybridized carbons (Fsp3) is 0.700. The summed E-state index contributed by atoms with van der Waals surface area (Å²) in [6.45, 7) is 2.33. The highest BCUT2D eigenvalue weighted by Gasteiger charge is 2.33. The summed E-state index contributed by atoms with van der Waals surface area (Å²) in [7, 11) is -3.00. The molecule has 0 spiro atoms. The first-order chi connectivity index (χ1) is 8.91. The van der Waals surface area contributed by atoms with E-state index in [4.69, 9.17) is 5.73 Å². The van der Waals surface area contributed by atoms with Crippen molar-refractivity contribution in [3.05, 3.63) is 6.33 Å². The van der Waals surface area contributed by atoms with Crippen LogP contribution in [0.1, 0.15) is 13.3 Å². The fourth-order valence-electron chi connectivity index (χ4n) is 2.27. The highest BCUT2D eigenvalue weighted by Crippen LogP contribution is 2.18. The normalized spacial score (nSPS) is 21.4. The van der Waals surface area contributed by atoms with E-state index >= 15 is 0 Å². The molecule has 1 unspecified atom stereocenters. The van der Waals surface area contributed by atoms with Gasteiger partial charge in [-0.2, -0.15) is 0 Å². The smallest absolute Gasteiger partial charge is 0.244 e. The lowest BCUT2D eigenvalue weighted by Gasteiger charge is -2.26. The molecular formula is C10H17N5O3S. The average Bonchev–Trinajstić information content (AvgIpc) is 2.86. The third kappa shape index (κ3) is 3.22. The van der Waals surface area contributed by atoms with Crippen molar-refractivity contribution in [2.24, 2.45) is 0 Å². The molecule has 1 atom stereocenters. The van der Waals surface area contributed by atoms with Crippen molar-refractivity contribution in [1.29, 1.82) is 0 Å². The molecule has 1 aromatic heterocycles. The molecule has 1 amide bonds. The predicted molar refractivity (Wildman–Crippen MR) is 68.9 cm³/mol. The van der Waals surface area contributed by atoms with Crippen molar-refractivity contribution in [1.82, 2.24) is 19.7 Å². The summed E-state index contributed by atoms with van der Waals surface area (Å²) in [4.78, 5) is 17.5. The van der Waals surface area contributed by atoms with Crippen LogP contribution in [0, 0.1) is 0 Å². The summed E-state index contributed by atoms with van der Waals surface area (Å²) < 4.78 is 24.3. The first-order valence-electron chi connectivity index (χ1n) is 6.06. The second-order valence-corrected chi connectivity index (χ2v) is 6.77. The Bertz CT molecular complexity index is 567. The van der Waals surface area contributed by atoms with E-state index in [0.717, 1.165) is 0 Å². The van der Waals surface area contributed by atoms with Gasteiger partial charge >= 0.3 is 0 Å². The molecule has 0 aliphatic carbocycles. The summed E-state index contributed by atoms with van der Waals surface area (Å²) in [5.74, 6) is 0.137. The summed E-state index contributed by atoms with van der Waals surface area (Å²) in [6.07, 6.45) is 1.88. The second kappa shape index (κ2) is 5.16. The molecule has 0 aromatic carbocycles. The average molecular weight is 287 g/mol. The Labute approximate surface area is 111 Å². The standard InChI is InChI=1S/C10H17N5O3S/c1-2-15(8-3-4-19(17,18)6-8)9(16)5-14-7-12-10(11)13-14/h7-8H,2-6H2,1H3,(H2,11,13). The SMILES string of the molecule is CCN(C(=O)Cn1cnc(N)n1)C1CCS(=O)(=O)C1. The van der Waals surface area contributed by atoms with Gasteiger partial charge in [0.25, 0.3) is 0 Å². The molecule has 1 aliphatic rings. The van der Waals surface area contributed by atoms with Crippen molar-refractivity contribution in [3.63, 3.8) is 0 Å². The zero-order valence-electron chi connectivity index (χ0n) is 10.7. The Balaban J connectivity index is 2.03. The van der Waals surface area contributed by atoms with Gasteiger partial charge in [-0.05, 0) is 13.3 Å². The lowest BCUT2D eigenvalue weighted by molar-refractivity contribution is -0.133. The van der Waals surface area contributed by atoms with Crippen LogP contribution in [0.15, 0.2) is 6.33 Å². The van der Waals surface area contributed by atoms with Crippen molar-refractivity contribution in [2.75, 3.05) is 23.8 Å². The minimum absolute atomic E-state index is 0.0224. The number of hydrogen-bond donors (Lipinski definition) is 1. The number of amides is 1. The number of rotatable bonds is 4. The van der Waals surface area contributed by atoms with Gasteiger partial charge < -0.3 is 10.6 Å². The van der Waals surface area contributed by atoms with Gasteiger partial charge in [-0.15, -0.1) is 5.10 Å². The Kier molecular flexibility index (Phi) is 3.74. The van der Waals surface area contributed by atoms with Gasteiger partial charge in [0.1, 0.15) is 12.9 Å². The molecular weight excluding hydrogens is 270 g/mol. The first-order valence-corrected chi connectivity index (χ1v) is 7.88. The molecule has 1 fully saturated rings. The Morgan fingerprint density at radius 1 is 1.63 bits per heavy atom. The zero-order valence-corrected chi connectivity index (χ0v) is 11.5. The molecule has 19 heavy (non-hydrogen) atoms. The summed E-state index contributed by atoms with van der Waals surface area (Å²) in [5.41, 5.74) is 5.37. The summed E-state index contributed by atoms with van der Waals surface area (Å²) in [5, 5.41) is 3.84. The van der Waals surface area contributed by atoms with Crippen LogP contribution in [0.25, 0.3) is 0 Å². The zero-order chi connectivity index (χ0) is 14.0. The molecule has 2 heterocycles. The van der Waals surface area contributed by atoms with Crippen LogP contribution >= 0.6 is 0 Å². The molecule has 106 valence electrons. The van der Waals surface area contributed by atoms with Crippen LogP contribution in [-0.4, -0.2) is 58.1 Å². The van der Waals surface area contributed by atoms with E-state index in [-0.39, 0.29) is 35.9 Å². The first kappa shape index (κ1) is 13.8. The molecule has 2 N–H and O–H groups in total. The molecule has 9 heteroatoms. The highest BCUT2D eigenvalue weighted by molar-refractivity contribution is 7.91. The maximum Gasteiger partial charge on any atom is 0.244 e. The van der Waals surface area contributed by atoms with Crippen molar-refractivity contribution < 1.29 is 13.2 Å². The van der Waals surface area contributed by atoms with Crippen molar-refractivity contribution in [2.45, 2.75) is 25.9 Å².